The lowest BCUT2D eigenvalue weighted by atomic mass is 10.1. The lowest BCUT2D eigenvalue weighted by Gasteiger charge is -1.94. The number of nitrogens with zero attached hydrogens (tertiary/aromatic N) is 1. The molecule has 0 atom stereocenters. The van der Waals surface area contributed by atoms with Gasteiger partial charge < -0.3 is 9.21 Å². The molecular formula is C23H31NO3. The number of unbranched alkanes of at least 4 members (excludes halogenated alkanes) is 1. The van der Waals surface area contributed by atoms with Gasteiger partial charge in [-0.15, -0.1) is 0 Å². The van der Waals surface area contributed by atoms with Crippen LogP contribution in [0.2, 0.25) is 0 Å². The van der Waals surface area contributed by atoms with Crippen LogP contribution in [0, 0.1) is 6.92 Å². The Morgan fingerprint density at radius 2 is 1.63 bits per heavy atom. The number of aryl methyl sites for hydroxylation is 2. The van der Waals surface area contributed by atoms with Crippen LogP contribution in [0.25, 0.3) is 11.0 Å². The van der Waals surface area contributed by atoms with Crippen molar-refractivity contribution in [3.05, 3.63) is 65.7 Å². The standard InChI is InChI=1S/C9H7NO2.C9H12.C4H10.CH2O/c1-6(11)8-4-7-2-3-10-5-9(7)12-8;1-3-9-6-4-8(2)5-7-9;1-3-4-2;1-2/h2-5H,1H3;4-7H,3H2,1-2H3;3-4H2,1-2H3;1H2. The van der Waals surface area contributed by atoms with Crippen molar-refractivity contribution in [2.45, 2.75) is 53.9 Å². The lowest BCUT2D eigenvalue weighted by Crippen LogP contribution is -1.85. The van der Waals surface area contributed by atoms with Crippen LogP contribution in [0.4, 0.5) is 0 Å². The number of fused-ring (bicyclic) bond motifs is 1. The number of carbonyl (C=O) groups excluding carboxylic acids is 2. The molecule has 3 aromatic rings. The summed E-state index contributed by atoms with van der Waals surface area (Å²) in [5.74, 6) is 0.323. The molecule has 0 saturated carbocycles. The summed E-state index contributed by atoms with van der Waals surface area (Å²) >= 11 is 0. The van der Waals surface area contributed by atoms with Crippen LogP contribution in [0.5, 0.6) is 0 Å². The largest absolute Gasteiger partial charge is 0.451 e. The van der Waals surface area contributed by atoms with E-state index in [1.807, 2.05) is 12.9 Å². The zero-order valence-electron chi connectivity index (χ0n) is 17.1. The Hall–Kier alpha value is -2.75. The molecule has 0 aliphatic carbocycles. The van der Waals surface area contributed by atoms with E-state index in [4.69, 9.17) is 9.21 Å². The van der Waals surface area contributed by atoms with Crippen molar-refractivity contribution in [3.8, 4) is 0 Å². The van der Waals surface area contributed by atoms with Crippen LogP contribution in [0.15, 0.2) is 53.2 Å². The maximum atomic E-state index is 10.9. The summed E-state index contributed by atoms with van der Waals surface area (Å²) < 4.78 is 5.22. The number of carbonyl (C=O) groups is 2. The molecule has 2 aromatic heterocycles. The second-order valence-electron chi connectivity index (χ2n) is 5.92. The van der Waals surface area contributed by atoms with Crippen LogP contribution < -0.4 is 0 Å². The van der Waals surface area contributed by atoms with Crippen molar-refractivity contribution < 1.29 is 14.0 Å². The number of rotatable bonds is 3. The van der Waals surface area contributed by atoms with Crippen molar-refractivity contribution >= 4 is 23.5 Å². The van der Waals surface area contributed by atoms with Crippen LogP contribution in [-0.2, 0) is 11.2 Å². The highest BCUT2D eigenvalue weighted by Crippen LogP contribution is 2.17. The molecule has 0 aliphatic heterocycles. The summed E-state index contributed by atoms with van der Waals surface area (Å²) in [5, 5.41) is 0.912. The first-order chi connectivity index (χ1) is 13.0. The quantitative estimate of drug-likeness (QED) is 0.515. The highest BCUT2D eigenvalue weighted by Gasteiger charge is 2.06. The van der Waals surface area contributed by atoms with Gasteiger partial charge in [0.2, 0.25) is 0 Å². The van der Waals surface area contributed by atoms with Gasteiger partial charge in [0.05, 0.1) is 6.20 Å². The average molecular weight is 370 g/mol. The molecule has 0 unspecified atom stereocenters. The summed E-state index contributed by atoms with van der Waals surface area (Å²) in [7, 11) is 0. The van der Waals surface area contributed by atoms with Crippen molar-refractivity contribution in [3.63, 3.8) is 0 Å². The Morgan fingerprint density at radius 1 is 1.04 bits per heavy atom. The number of ketones is 1. The number of benzene rings is 1. The predicted octanol–water partition coefficient (Wildman–Crippen LogP) is 6.21. The van der Waals surface area contributed by atoms with Gasteiger partial charge in [0.25, 0.3) is 0 Å². The van der Waals surface area contributed by atoms with Gasteiger partial charge in [0.1, 0.15) is 6.79 Å². The summed E-state index contributed by atoms with van der Waals surface area (Å²) in [6, 6.07) is 12.2. The van der Waals surface area contributed by atoms with Gasteiger partial charge >= 0.3 is 0 Å². The second kappa shape index (κ2) is 14.4. The van der Waals surface area contributed by atoms with Crippen LogP contribution in [-0.4, -0.2) is 17.6 Å². The topological polar surface area (TPSA) is 60.2 Å². The molecule has 4 heteroatoms. The Kier molecular flexibility index (Phi) is 13.0. The van der Waals surface area contributed by atoms with E-state index < -0.39 is 0 Å². The molecule has 1 aromatic carbocycles. The molecule has 4 nitrogen and oxygen atoms in total. The van der Waals surface area contributed by atoms with E-state index >= 15 is 0 Å². The minimum absolute atomic E-state index is 0.0637. The monoisotopic (exact) mass is 369 g/mol. The molecule has 0 aliphatic rings. The van der Waals surface area contributed by atoms with E-state index in [9.17, 15) is 4.79 Å². The lowest BCUT2D eigenvalue weighted by molar-refractivity contribution is -0.0980. The summed E-state index contributed by atoms with van der Waals surface area (Å²) in [6.45, 7) is 12.1. The minimum Gasteiger partial charge on any atom is -0.451 e. The average Bonchev–Trinajstić information content (AvgIpc) is 3.15. The fourth-order valence-electron chi connectivity index (χ4n) is 1.88. The van der Waals surface area contributed by atoms with Gasteiger partial charge in [-0.05, 0) is 31.0 Å². The predicted molar refractivity (Wildman–Crippen MR) is 112 cm³/mol. The molecule has 0 bridgehead atoms. The van der Waals surface area contributed by atoms with Crippen molar-refractivity contribution in [2.24, 2.45) is 0 Å². The van der Waals surface area contributed by atoms with Gasteiger partial charge in [0.15, 0.2) is 17.1 Å². The van der Waals surface area contributed by atoms with E-state index in [1.165, 1.54) is 30.9 Å². The molecule has 0 radical (unpaired) electrons. The van der Waals surface area contributed by atoms with E-state index in [1.54, 1.807) is 18.5 Å². The summed E-state index contributed by atoms with van der Waals surface area (Å²) in [4.78, 5) is 22.8. The maximum Gasteiger partial charge on any atom is 0.194 e. The second-order valence-corrected chi connectivity index (χ2v) is 5.92. The third-order valence-electron chi connectivity index (χ3n) is 3.70. The summed E-state index contributed by atoms with van der Waals surface area (Å²) in [6.07, 6.45) is 7.05. The zero-order chi connectivity index (χ0) is 20.7. The van der Waals surface area contributed by atoms with Gasteiger partial charge in [-0.25, -0.2) is 0 Å². The number of furan rings is 1. The smallest absolute Gasteiger partial charge is 0.194 e. The van der Waals surface area contributed by atoms with Gasteiger partial charge in [0, 0.05) is 18.5 Å². The molecule has 27 heavy (non-hydrogen) atoms. The number of pyridine rings is 1. The van der Waals surface area contributed by atoms with Crippen LogP contribution in [0.1, 0.15) is 62.2 Å². The third-order valence-corrected chi connectivity index (χ3v) is 3.70. The molecule has 146 valence electrons. The molecular weight excluding hydrogens is 338 g/mol. The molecule has 0 spiro atoms. The van der Waals surface area contributed by atoms with E-state index in [0.717, 1.165) is 11.8 Å². The fourth-order valence-corrected chi connectivity index (χ4v) is 1.88. The van der Waals surface area contributed by atoms with Gasteiger partial charge in [-0.3, -0.25) is 9.78 Å². The Labute approximate surface area is 162 Å². The van der Waals surface area contributed by atoms with E-state index in [0.29, 0.717) is 11.3 Å². The van der Waals surface area contributed by atoms with E-state index in [-0.39, 0.29) is 5.78 Å². The molecule has 3 rings (SSSR count). The molecule has 0 amide bonds. The molecule has 2 heterocycles. The number of hydrogen-bond acceptors (Lipinski definition) is 4. The minimum atomic E-state index is -0.0637. The number of Topliss-reactive ketones (excluding diaryl/α,β-unsaturated/α-hetero) is 1. The first-order valence-corrected chi connectivity index (χ1v) is 9.20. The molecule has 0 fully saturated rings. The summed E-state index contributed by atoms with van der Waals surface area (Å²) in [5.41, 5.74) is 3.41. The highest BCUT2D eigenvalue weighted by molar-refractivity contribution is 5.95. The van der Waals surface area contributed by atoms with Gasteiger partial charge in [-0.2, -0.15) is 0 Å². The normalized spacial score (nSPS) is 9.07. The van der Waals surface area contributed by atoms with Crippen molar-refractivity contribution in [2.75, 3.05) is 0 Å². The van der Waals surface area contributed by atoms with Crippen LogP contribution in [0.3, 0.4) is 0 Å². The van der Waals surface area contributed by atoms with Gasteiger partial charge in [-0.1, -0.05) is 63.4 Å². The first-order valence-electron chi connectivity index (χ1n) is 9.20. The third kappa shape index (κ3) is 9.50. The number of hydrogen-bond donors (Lipinski definition) is 0. The van der Waals surface area contributed by atoms with Crippen molar-refractivity contribution in [1.82, 2.24) is 4.98 Å². The van der Waals surface area contributed by atoms with E-state index in [2.05, 4.69) is 56.9 Å². The molecule has 0 saturated heterocycles. The first kappa shape index (κ1) is 24.2. The maximum absolute atomic E-state index is 10.9. The highest BCUT2D eigenvalue weighted by atomic mass is 16.3. The zero-order valence-corrected chi connectivity index (χ0v) is 17.1. The Balaban J connectivity index is 0.000000400. The fraction of sp³-hybridized carbons (Fsp3) is 0.348. The SMILES string of the molecule is C=O.CC(=O)c1cc2ccncc2o1.CCCC.CCc1ccc(C)cc1. The molecule has 0 N–H and O–H groups in total. The Bertz CT molecular complexity index is 741. The number of aromatic nitrogens is 1. The Morgan fingerprint density at radius 3 is 2.07 bits per heavy atom. The van der Waals surface area contributed by atoms with Crippen molar-refractivity contribution in [1.29, 1.82) is 0 Å². The van der Waals surface area contributed by atoms with Crippen LogP contribution >= 0.6 is 0 Å².